The normalized spacial score (nSPS) is 11.6. The second kappa shape index (κ2) is 11.5. The third-order valence-corrected chi connectivity index (χ3v) is 5.97. The maximum absolute atomic E-state index is 10.6. The van der Waals surface area contributed by atoms with Gasteiger partial charge in [-0.25, -0.2) is 0 Å². The van der Waals surface area contributed by atoms with Crippen molar-refractivity contribution in [3.05, 3.63) is 71.3 Å². The number of benzene rings is 3. The number of hydrogen-bond donors (Lipinski definition) is 1. The second-order valence-corrected chi connectivity index (χ2v) is 7.61. The van der Waals surface area contributed by atoms with Crippen LogP contribution >= 0.6 is 0 Å². The number of aliphatic hydroxyl groups excluding tert-OH is 1. The molecular weight excluding hydrogens is 436 g/mol. The van der Waals surface area contributed by atoms with Crippen LogP contribution in [0.15, 0.2) is 54.6 Å². The van der Waals surface area contributed by atoms with E-state index in [1.807, 2.05) is 54.6 Å². The summed E-state index contributed by atoms with van der Waals surface area (Å²) in [7, 11) is 9.59. The van der Waals surface area contributed by atoms with Crippen LogP contribution in [0.5, 0.6) is 34.5 Å². The molecule has 0 radical (unpaired) electrons. The van der Waals surface area contributed by atoms with E-state index in [9.17, 15) is 5.11 Å². The van der Waals surface area contributed by atoms with Gasteiger partial charge in [-0.3, -0.25) is 0 Å². The van der Waals surface area contributed by atoms with Gasteiger partial charge in [0.2, 0.25) is 0 Å². The quantitative estimate of drug-likeness (QED) is 0.439. The van der Waals surface area contributed by atoms with Crippen molar-refractivity contribution >= 4 is 0 Å². The summed E-state index contributed by atoms with van der Waals surface area (Å²) in [5.74, 6) is 3.13. The van der Waals surface area contributed by atoms with Crippen LogP contribution in [0.3, 0.4) is 0 Å². The zero-order chi connectivity index (χ0) is 24.7. The predicted molar refractivity (Wildman–Crippen MR) is 130 cm³/mol. The third kappa shape index (κ3) is 4.99. The van der Waals surface area contributed by atoms with Crippen LogP contribution in [0.2, 0.25) is 0 Å². The number of aliphatic hydroxyl groups is 1. The lowest BCUT2D eigenvalue weighted by Gasteiger charge is -2.29. The Kier molecular flexibility index (Phi) is 8.49. The highest BCUT2D eigenvalue weighted by molar-refractivity contribution is 5.52. The Morgan fingerprint density at radius 2 is 0.824 bits per heavy atom. The van der Waals surface area contributed by atoms with Gasteiger partial charge in [-0.05, 0) is 53.1 Å². The summed E-state index contributed by atoms with van der Waals surface area (Å²) in [5, 5.41) is 10.6. The summed E-state index contributed by atoms with van der Waals surface area (Å²) >= 11 is 0. The molecule has 0 heterocycles. The smallest absolute Gasteiger partial charge is 0.161 e. The fourth-order valence-corrected chi connectivity index (χ4v) is 4.24. The highest BCUT2D eigenvalue weighted by Gasteiger charge is 2.29. The third-order valence-electron chi connectivity index (χ3n) is 5.97. The number of methoxy groups -OCH3 is 6. The van der Waals surface area contributed by atoms with Crippen molar-refractivity contribution in [2.24, 2.45) is 0 Å². The monoisotopic (exact) mass is 468 g/mol. The minimum atomic E-state index is -0.309. The van der Waals surface area contributed by atoms with E-state index in [1.165, 1.54) is 0 Å². The molecule has 182 valence electrons. The van der Waals surface area contributed by atoms with E-state index in [0.29, 0.717) is 34.5 Å². The molecule has 3 aromatic carbocycles. The molecule has 1 unspecified atom stereocenters. The first-order valence-corrected chi connectivity index (χ1v) is 10.8. The van der Waals surface area contributed by atoms with Crippen molar-refractivity contribution in [3.8, 4) is 34.5 Å². The maximum atomic E-state index is 10.6. The molecule has 0 saturated heterocycles. The highest BCUT2D eigenvalue weighted by atomic mass is 16.5. The molecule has 1 atom stereocenters. The van der Waals surface area contributed by atoms with Crippen LogP contribution in [0.1, 0.15) is 28.5 Å². The van der Waals surface area contributed by atoms with Crippen molar-refractivity contribution in [2.45, 2.75) is 11.8 Å². The van der Waals surface area contributed by atoms with Gasteiger partial charge >= 0.3 is 0 Å². The summed E-state index contributed by atoms with van der Waals surface area (Å²) < 4.78 is 32.9. The van der Waals surface area contributed by atoms with E-state index in [-0.39, 0.29) is 18.4 Å². The second-order valence-electron chi connectivity index (χ2n) is 7.61. The van der Waals surface area contributed by atoms with E-state index >= 15 is 0 Å². The van der Waals surface area contributed by atoms with E-state index in [0.717, 1.165) is 16.7 Å². The Hall–Kier alpha value is -3.58. The zero-order valence-electron chi connectivity index (χ0n) is 20.5. The minimum Gasteiger partial charge on any atom is -0.493 e. The van der Waals surface area contributed by atoms with E-state index in [1.54, 1.807) is 42.7 Å². The molecule has 0 aromatic heterocycles. The lowest BCUT2D eigenvalue weighted by Crippen LogP contribution is -2.17. The van der Waals surface area contributed by atoms with E-state index < -0.39 is 0 Å². The molecule has 0 amide bonds. The van der Waals surface area contributed by atoms with Gasteiger partial charge in [0.1, 0.15) is 0 Å². The first kappa shape index (κ1) is 25.1. The zero-order valence-corrected chi connectivity index (χ0v) is 20.5. The SMILES string of the molecule is COc1ccc(C(CO)C(c2ccc(OC)c(OC)c2)c2ccc(OC)c(OC)c2)cc1OC. The molecular formula is C27H32O7. The van der Waals surface area contributed by atoms with Gasteiger partial charge in [0.25, 0.3) is 0 Å². The van der Waals surface area contributed by atoms with Gasteiger partial charge < -0.3 is 33.5 Å². The summed E-state index contributed by atoms with van der Waals surface area (Å²) in [6, 6.07) is 17.2. The summed E-state index contributed by atoms with van der Waals surface area (Å²) in [4.78, 5) is 0. The van der Waals surface area contributed by atoms with Crippen molar-refractivity contribution < 1.29 is 33.5 Å². The molecule has 7 nitrogen and oxygen atoms in total. The fourth-order valence-electron chi connectivity index (χ4n) is 4.24. The van der Waals surface area contributed by atoms with Gasteiger partial charge in [0.05, 0.1) is 49.3 Å². The average molecular weight is 469 g/mol. The Bertz CT molecular complexity index is 1040. The standard InChI is InChI=1S/C27H32O7/c1-29-21-10-7-17(13-24(21)32-4)20(16-28)27(18-8-11-22(30-2)25(14-18)33-5)19-9-12-23(31-3)26(15-19)34-6/h7-15,20,27-28H,16H2,1-6H3. The number of ether oxygens (including phenoxy) is 6. The lowest BCUT2D eigenvalue weighted by molar-refractivity contribution is 0.254. The van der Waals surface area contributed by atoms with Gasteiger partial charge in [-0.15, -0.1) is 0 Å². The van der Waals surface area contributed by atoms with Crippen molar-refractivity contribution in [1.82, 2.24) is 0 Å². The van der Waals surface area contributed by atoms with Gasteiger partial charge in [-0.2, -0.15) is 0 Å². The Balaban J connectivity index is 2.22. The van der Waals surface area contributed by atoms with Crippen LogP contribution in [-0.4, -0.2) is 54.4 Å². The molecule has 0 saturated carbocycles. The van der Waals surface area contributed by atoms with Gasteiger partial charge in [-0.1, -0.05) is 18.2 Å². The Morgan fingerprint density at radius 1 is 0.500 bits per heavy atom. The van der Waals surface area contributed by atoms with Crippen LogP contribution < -0.4 is 28.4 Å². The van der Waals surface area contributed by atoms with Crippen molar-refractivity contribution in [2.75, 3.05) is 49.3 Å². The predicted octanol–water partition coefficient (Wildman–Crippen LogP) is 4.65. The van der Waals surface area contributed by atoms with Gasteiger partial charge in [0.15, 0.2) is 34.5 Å². The molecule has 0 bridgehead atoms. The Labute approximate surface area is 200 Å². The summed E-state index contributed by atoms with van der Waals surface area (Å²) in [6.07, 6.45) is 0. The largest absolute Gasteiger partial charge is 0.493 e. The van der Waals surface area contributed by atoms with Crippen LogP contribution in [0.25, 0.3) is 0 Å². The molecule has 1 N–H and O–H groups in total. The molecule has 34 heavy (non-hydrogen) atoms. The van der Waals surface area contributed by atoms with E-state index in [4.69, 9.17) is 28.4 Å². The lowest BCUT2D eigenvalue weighted by atomic mass is 9.77. The maximum Gasteiger partial charge on any atom is 0.161 e. The van der Waals surface area contributed by atoms with Gasteiger partial charge in [0, 0.05) is 11.8 Å². The molecule has 0 aliphatic heterocycles. The molecule has 3 rings (SSSR count). The summed E-state index contributed by atoms with van der Waals surface area (Å²) in [6.45, 7) is -0.108. The van der Waals surface area contributed by atoms with Crippen molar-refractivity contribution in [3.63, 3.8) is 0 Å². The van der Waals surface area contributed by atoms with E-state index in [2.05, 4.69) is 0 Å². The first-order chi connectivity index (χ1) is 16.5. The summed E-state index contributed by atoms with van der Waals surface area (Å²) in [5.41, 5.74) is 2.78. The number of hydrogen-bond acceptors (Lipinski definition) is 7. The van der Waals surface area contributed by atoms with Crippen LogP contribution in [0, 0.1) is 0 Å². The molecule has 3 aromatic rings. The number of rotatable bonds is 11. The Morgan fingerprint density at radius 3 is 1.15 bits per heavy atom. The van der Waals surface area contributed by atoms with Crippen LogP contribution in [-0.2, 0) is 0 Å². The minimum absolute atomic E-state index is 0.108. The fraction of sp³-hybridized carbons (Fsp3) is 0.333. The average Bonchev–Trinajstić information content (AvgIpc) is 2.90. The first-order valence-electron chi connectivity index (χ1n) is 10.8. The topological polar surface area (TPSA) is 75.6 Å². The highest BCUT2D eigenvalue weighted by Crippen LogP contribution is 2.44. The molecule has 0 fully saturated rings. The molecule has 7 heteroatoms. The van der Waals surface area contributed by atoms with Crippen LogP contribution in [0.4, 0.5) is 0 Å². The molecule has 0 spiro atoms. The molecule has 0 aliphatic rings. The van der Waals surface area contributed by atoms with Crippen molar-refractivity contribution in [1.29, 1.82) is 0 Å². The molecule has 0 aliphatic carbocycles.